The van der Waals surface area contributed by atoms with Gasteiger partial charge in [0.2, 0.25) is 5.78 Å². The van der Waals surface area contributed by atoms with Crippen LogP contribution in [-0.2, 0) is 23.8 Å². The Labute approximate surface area is 143 Å². The number of esters is 2. The van der Waals surface area contributed by atoms with Gasteiger partial charge in [0, 0.05) is 25.0 Å². The number of carbonyl (C=O) groups is 4. The van der Waals surface area contributed by atoms with Crippen LogP contribution in [-0.4, -0.2) is 41.8 Å². The van der Waals surface area contributed by atoms with Gasteiger partial charge in [-0.2, -0.15) is 0 Å². The van der Waals surface area contributed by atoms with Gasteiger partial charge in [-0.05, 0) is 6.92 Å². The number of fused-ring (bicyclic) bond motifs is 1. The van der Waals surface area contributed by atoms with Crippen LogP contribution in [0, 0.1) is 0 Å². The van der Waals surface area contributed by atoms with Crippen molar-refractivity contribution in [1.29, 1.82) is 0 Å². The summed E-state index contributed by atoms with van der Waals surface area (Å²) in [5.74, 6) is -2.39. The van der Waals surface area contributed by atoms with Crippen LogP contribution >= 0.6 is 0 Å². The quantitative estimate of drug-likeness (QED) is 0.752. The monoisotopic (exact) mass is 344 g/mol. The molecule has 0 fully saturated rings. The first-order valence-corrected chi connectivity index (χ1v) is 7.75. The molecule has 0 radical (unpaired) electrons. The summed E-state index contributed by atoms with van der Waals surface area (Å²) < 4.78 is 16.0. The molecule has 0 saturated heterocycles. The smallest absolute Gasteiger partial charge is 0.303 e. The first kappa shape index (κ1) is 16.9. The number of hydrogen-bond acceptors (Lipinski definition) is 7. The molecule has 130 valence electrons. The topological polar surface area (TPSA) is 96.0 Å². The minimum atomic E-state index is -1.20. The molecule has 7 heteroatoms. The lowest BCUT2D eigenvalue weighted by Gasteiger charge is -2.38. The van der Waals surface area contributed by atoms with E-state index in [1.807, 2.05) is 0 Å². The lowest BCUT2D eigenvalue weighted by Crippen LogP contribution is -2.51. The van der Waals surface area contributed by atoms with Gasteiger partial charge in [0.05, 0.1) is 5.57 Å². The van der Waals surface area contributed by atoms with Gasteiger partial charge in [-0.15, -0.1) is 0 Å². The van der Waals surface area contributed by atoms with E-state index in [-0.39, 0.29) is 22.5 Å². The van der Waals surface area contributed by atoms with Gasteiger partial charge in [-0.25, -0.2) is 0 Å². The molecule has 0 bridgehead atoms. The maximum atomic E-state index is 12.9. The van der Waals surface area contributed by atoms with Gasteiger partial charge in [0.15, 0.2) is 23.8 Å². The molecule has 0 amide bonds. The maximum Gasteiger partial charge on any atom is 0.303 e. The van der Waals surface area contributed by atoms with Gasteiger partial charge in [0.25, 0.3) is 0 Å². The first-order chi connectivity index (χ1) is 11.8. The van der Waals surface area contributed by atoms with Crippen molar-refractivity contribution < 1.29 is 33.4 Å². The molecule has 0 N–H and O–H groups in total. The Bertz CT molecular complexity index is 820. The highest BCUT2D eigenvalue weighted by Gasteiger charge is 2.49. The fraction of sp³-hybridized carbons (Fsp3) is 0.333. The zero-order valence-corrected chi connectivity index (χ0v) is 13.9. The van der Waals surface area contributed by atoms with E-state index in [1.165, 1.54) is 26.0 Å². The molecule has 25 heavy (non-hydrogen) atoms. The van der Waals surface area contributed by atoms with Crippen LogP contribution < -0.4 is 0 Å². The Morgan fingerprint density at radius 2 is 1.52 bits per heavy atom. The summed E-state index contributed by atoms with van der Waals surface area (Å²) in [7, 11) is 0. The molecule has 1 aliphatic carbocycles. The van der Waals surface area contributed by atoms with Crippen molar-refractivity contribution in [1.82, 2.24) is 0 Å². The summed E-state index contributed by atoms with van der Waals surface area (Å²) in [4.78, 5) is 48.6. The van der Waals surface area contributed by atoms with E-state index in [9.17, 15) is 19.2 Å². The Kier molecular flexibility index (Phi) is 4.16. The number of allylic oxidation sites excluding steroid dienone is 1. The van der Waals surface area contributed by atoms with E-state index in [1.54, 1.807) is 19.1 Å². The van der Waals surface area contributed by atoms with Gasteiger partial charge < -0.3 is 14.2 Å². The second-order valence-electron chi connectivity index (χ2n) is 5.87. The van der Waals surface area contributed by atoms with Crippen molar-refractivity contribution in [2.45, 2.75) is 39.1 Å². The summed E-state index contributed by atoms with van der Waals surface area (Å²) in [6.07, 6.45) is -3.00. The van der Waals surface area contributed by atoms with Crippen LogP contribution in [0.5, 0.6) is 0 Å². The standard InChI is InChI=1S/C18H16O7/c1-8-16(24-9(2)19)18(25-10(3)20)13-14(21)11-6-4-5-7-12(11)15(22)17(13)23-8/h4-8,16,18H,1-3H3/t8-,16+,18-/m0/s1. The Morgan fingerprint density at radius 1 is 0.960 bits per heavy atom. The van der Waals surface area contributed by atoms with E-state index < -0.39 is 41.8 Å². The molecule has 1 heterocycles. The Balaban J connectivity index is 2.15. The van der Waals surface area contributed by atoms with E-state index in [4.69, 9.17) is 14.2 Å². The van der Waals surface area contributed by atoms with Gasteiger partial charge in [0.1, 0.15) is 6.10 Å². The normalized spacial score (nSPS) is 24.8. The van der Waals surface area contributed by atoms with Crippen molar-refractivity contribution in [3.05, 3.63) is 46.7 Å². The van der Waals surface area contributed by atoms with Crippen LogP contribution in [0.3, 0.4) is 0 Å². The number of carbonyl (C=O) groups excluding carboxylic acids is 4. The van der Waals surface area contributed by atoms with Crippen molar-refractivity contribution in [2.75, 3.05) is 0 Å². The molecule has 0 saturated carbocycles. The van der Waals surface area contributed by atoms with Crippen molar-refractivity contribution in [3.63, 3.8) is 0 Å². The SMILES string of the molecule is CC(=O)O[C@@H]1[C@H](C)OC2=C(C(=O)c3ccccc3C2=O)[C@@H]1OC(C)=O. The van der Waals surface area contributed by atoms with Crippen LogP contribution in [0.15, 0.2) is 35.6 Å². The third-order valence-corrected chi connectivity index (χ3v) is 4.06. The molecule has 0 aromatic heterocycles. The largest absolute Gasteiger partial charge is 0.482 e. The van der Waals surface area contributed by atoms with E-state index in [0.717, 1.165) is 0 Å². The maximum absolute atomic E-state index is 12.9. The first-order valence-electron chi connectivity index (χ1n) is 7.75. The predicted octanol–water partition coefficient (Wildman–Crippen LogP) is 1.60. The van der Waals surface area contributed by atoms with Crippen molar-refractivity contribution in [2.24, 2.45) is 0 Å². The summed E-state index contributed by atoms with van der Waals surface area (Å²) in [5, 5.41) is 0. The molecule has 0 unspecified atom stereocenters. The summed E-state index contributed by atoms with van der Waals surface area (Å²) in [6.45, 7) is 3.95. The van der Waals surface area contributed by atoms with E-state index in [0.29, 0.717) is 0 Å². The lowest BCUT2D eigenvalue weighted by atomic mass is 9.82. The fourth-order valence-electron chi connectivity index (χ4n) is 3.06. The van der Waals surface area contributed by atoms with Crippen LogP contribution in [0.4, 0.5) is 0 Å². The van der Waals surface area contributed by atoms with Gasteiger partial charge in [-0.1, -0.05) is 24.3 Å². The molecule has 1 aliphatic heterocycles. The summed E-state index contributed by atoms with van der Waals surface area (Å²) in [5.41, 5.74) is 0.331. The summed E-state index contributed by atoms with van der Waals surface area (Å²) >= 11 is 0. The zero-order chi connectivity index (χ0) is 18.3. The number of ether oxygens (including phenoxy) is 3. The molecule has 0 spiro atoms. The number of rotatable bonds is 2. The average molecular weight is 344 g/mol. The van der Waals surface area contributed by atoms with Gasteiger partial charge in [-0.3, -0.25) is 19.2 Å². The van der Waals surface area contributed by atoms with Crippen LogP contribution in [0.25, 0.3) is 0 Å². The predicted molar refractivity (Wildman–Crippen MR) is 83.8 cm³/mol. The minimum absolute atomic E-state index is 0.0942. The highest BCUT2D eigenvalue weighted by molar-refractivity contribution is 6.26. The number of Topliss-reactive ketones (excluding diaryl/α,β-unsaturated/α-hetero) is 2. The molecule has 2 aliphatic rings. The Morgan fingerprint density at radius 3 is 2.08 bits per heavy atom. The third-order valence-electron chi connectivity index (χ3n) is 4.06. The van der Waals surface area contributed by atoms with E-state index >= 15 is 0 Å². The van der Waals surface area contributed by atoms with Crippen molar-refractivity contribution in [3.8, 4) is 0 Å². The highest BCUT2D eigenvalue weighted by atomic mass is 16.6. The third kappa shape index (κ3) is 2.82. The number of benzene rings is 1. The second kappa shape index (κ2) is 6.16. The highest BCUT2D eigenvalue weighted by Crippen LogP contribution is 2.37. The summed E-state index contributed by atoms with van der Waals surface area (Å²) in [6, 6.07) is 6.33. The molecule has 3 rings (SSSR count). The molecule has 3 atom stereocenters. The number of hydrogen-bond donors (Lipinski definition) is 0. The second-order valence-corrected chi connectivity index (χ2v) is 5.87. The lowest BCUT2D eigenvalue weighted by molar-refractivity contribution is -0.174. The molecule has 7 nitrogen and oxygen atoms in total. The number of ketones is 2. The van der Waals surface area contributed by atoms with Crippen LogP contribution in [0.2, 0.25) is 0 Å². The molecule has 1 aromatic rings. The molecular formula is C18H16O7. The average Bonchev–Trinajstić information content (AvgIpc) is 2.55. The molecule has 1 aromatic carbocycles. The van der Waals surface area contributed by atoms with Crippen LogP contribution in [0.1, 0.15) is 41.5 Å². The minimum Gasteiger partial charge on any atom is -0.482 e. The molecular weight excluding hydrogens is 328 g/mol. The van der Waals surface area contributed by atoms with Gasteiger partial charge >= 0.3 is 11.9 Å². The van der Waals surface area contributed by atoms with Crippen molar-refractivity contribution >= 4 is 23.5 Å². The fourth-order valence-corrected chi connectivity index (χ4v) is 3.06. The van der Waals surface area contributed by atoms with E-state index in [2.05, 4.69) is 0 Å². The Hall–Kier alpha value is -2.96. The zero-order valence-electron chi connectivity index (χ0n) is 13.9.